The smallest absolute Gasteiger partial charge is 0.0261 e. The molecule has 0 aliphatic heterocycles. The number of rotatable bonds is 2. The largest absolute Gasteiger partial charge is 0.0625 e. The predicted octanol–water partition coefficient (Wildman–Crippen LogP) is 3.71. The van der Waals surface area contributed by atoms with E-state index in [-0.39, 0.29) is 0 Å². The summed E-state index contributed by atoms with van der Waals surface area (Å²) in [6.07, 6.45) is 6.37. The summed E-state index contributed by atoms with van der Waals surface area (Å²) in [7, 11) is 0. The second-order valence-electron chi connectivity index (χ2n) is 6.43. The molecule has 0 N–H and O–H groups in total. The first-order valence-corrected chi connectivity index (χ1v) is 6.12. The Bertz CT molecular complexity index is 222. The van der Waals surface area contributed by atoms with Gasteiger partial charge in [-0.15, -0.1) is 0 Å². The van der Waals surface area contributed by atoms with Crippen molar-refractivity contribution in [3.8, 4) is 0 Å². The van der Waals surface area contributed by atoms with Gasteiger partial charge in [0.05, 0.1) is 0 Å². The van der Waals surface area contributed by atoms with E-state index in [2.05, 4.69) is 20.8 Å². The van der Waals surface area contributed by atoms with E-state index < -0.39 is 0 Å². The highest BCUT2D eigenvalue weighted by Crippen LogP contribution is 2.72. The molecule has 0 spiro atoms. The molecule has 4 aliphatic rings. The summed E-state index contributed by atoms with van der Waals surface area (Å²) in [4.78, 5) is 0. The summed E-state index contributed by atoms with van der Waals surface area (Å²) < 4.78 is 0. The Morgan fingerprint density at radius 1 is 1.00 bits per heavy atom. The van der Waals surface area contributed by atoms with Crippen LogP contribution in [0.3, 0.4) is 0 Å². The van der Waals surface area contributed by atoms with E-state index in [4.69, 9.17) is 0 Å². The number of hydrogen-bond acceptors (Lipinski definition) is 0. The van der Waals surface area contributed by atoms with E-state index in [0.717, 1.165) is 17.3 Å². The summed E-state index contributed by atoms with van der Waals surface area (Å²) in [6, 6.07) is 0. The van der Waals surface area contributed by atoms with Gasteiger partial charge in [0.25, 0.3) is 0 Å². The Labute approximate surface area is 82.1 Å². The molecule has 3 atom stereocenters. The van der Waals surface area contributed by atoms with E-state index in [1.807, 2.05) is 0 Å². The van der Waals surface area contributed by atoms with E-state index >= 15 is 0 Å². The Morgan fingerprint density at radius 3 is 2.15 bits per heavy atom. The van der Waals surface area contributed by atoms with E-state index in [9.17, 15) is 0 Å². The first-order chi connectivity index (χ1) is 6.12. The molecular weight excluding hydrogens is 156 g/mol. The fourth-order valence-corrected chi connectivity index (χ4v) is 4.32. The van der Waals surface area contributed by atoms with Crippen molar-refractivity contribution in [2.75, 3.05) is 0 Å². The highest BCUT2D eigenvalue weighted by molar-refractivity contribution is 5.12. The first-order valence-electron chi connectivity index (χ1n) is 6.12. The Hall–Kier alpha value is 0. The highest BCUT2D eigenvalue weighted by atomic mass is 14.7. The minimum Gasteiger partial charge on any atom is -0.0625 e. The first kappa shape index (κ1) is 8.32. The molecule has 0 aromatic heterocycles. The molecular formula is C13H22. The minimum atomic E-state index is 0.816. The summed E-state index contributed by atoms with van der Waals surface area (Å²) >= 11 is 0. The average Bonchev–Trinajstić information content (AvgIpc) is 2.77. The van der Waals surface area contributed by atoms with Crippen molar-refractivity contribution in [1.29, 1.82) is 0 Å². The van der Waals surface area contributed by atoms with E-state index in [0.29, 0.717) is 0 Å². The molecule has 3 unspecified atom stereocenters. The van der Waals surface area contributed by atoms with Crippen LogP contribution in [0.4, 0.5) is 0 Å². The third-order valence-electron chi connectivity index (χ3n) is 5.55. The lowest BCUT2D eigenvalue weighted by Gasteiger charge is -2.57. The van der Waals surface area contributed by atoms with Crippen molar-refractivity contribution in [1.82, 2.24) is 0 Å². The molecule has 13 heavy (non-hydrogen) atoms. The van der Waals surface area contributed by atoms with E-state index in [1.54, 1.807) is 25.7 Å². The van der Waals surface area contributed by atoms with Gasteiger partial charge in [-0.05, 0) is 60.7 Å². The zero-order chi connectivity index (χ0) is 9.22. The van der Waals surface area contributed by atoms with E-state index in [1.165, 1.54) is 17.8 Å². The maximum Gasteiger partial charge on any atom is -0.0261 e. The summed E-state index contributed by atoms with van der Waals surface area (Å²) in [5.41, 5.74) is 0.816. The van der Waals surface area contributed by atoms with Crippen LogP contribution >= 0.6 is 0 Å². The molecule has 2 bridgehead atoms. The summed E-state index contributed by atoms with van der Waals surface area (Å²) in [6.45, 7) is 7.32. The molecule has 4 aliphatic carbocycles. The Kier molecular flexibility index (Phi) is 1.49. The third-order valence-corrected chi connectivity index (χ3v) is 5.55. The second kappa shape index (κ2) is 2.32. The van der Waals surface area contributed by atoms with Gasteiger partial charge in [-0.3, -0.25) is 0 Å². The van der Waals surface area contributed by atoms with Crippen LogP contribution in [-0.4, -0.2) is 0 Å². The fraction of sp³-hybridized carbons (Fsp3) is 1.00. The minimum absolute atomic E-state index is 0.816. The third kappa shape index (κ3) is 0.980. The van der Waals surface area contributed by atoms with Crippen LogP contribution in [0.25, 0.3) is 0 Å². The van der Waals surface area contributed by atoms with Crippen LogP contribution < -0.4 is 0 Å². The zero-order valence-electron chi connectivity index (χ0n) is 9.22. The lowest BCUT2D eigenvalue weighted by Crippen LogP contribution is -2.48. The van der Waals surface area contributed by atoms with Crippen LogP contribution in [0.1, 0.15) is 46.5 Å². The molecule has 4 fully saturated rings. The normalized spacial score (nSPS) is 54.0. The van der Waals surface area contributed by atoms with Gasteiger partial charge in [0.1, 0.15) is 0 Å². The SMILES string of the molecule is CC(C)C(C)C12CC3CC3C(C1)C2. The van der Waals surface area contributed by atoms with Crippen molar-refractivity contribution in [3.05, 3.63) is 0 Å². The number of hydrogen-bond donors (Lipinski definition) is 0. The van der Waals surface area contributed by atoms with Gasteiger partial charge in [-0.1, -0.05) is 20.8 Å². The topological polar surface area (TPSA) is 0 Å². The molecule has 0 amide bonds. The fourth-order valence-electron chi connectivity index (χ4n) is 4.32. The molecule has 0 saturated heterocycles. The lowest BCUT2D eigenvalue weighted by atomic mass is 9.48. The van der Waals surface area contributed by atoms with Gasteiger partial charge in [0, 0.05) is 0 Å². The van der Waals surface area contributed by atoms with Crippen LogP contribution in [0.2, 0.25) is 0 Å². The second-order valence-corrected chi connectivity index (χ2v) is 6.43. The van der Waals surface area contributed by atoms with Crippen LogP contribution in [0, 0.1) is 35.0 Å². The van der Waals surface area contributed by atoms with Crippen LogP contribution in [0.15, 0.2) is 0 Å². The summed E-state index contributed by atoms with van der Waals surface area (Å²) in [5, 5.41) is 0. The molecule has 0 radical (unpaired) electrons. The summed E-state index contributed by atoms with van der Waals surface area (Å²) in [5.74, 6) is 5.41. The van der Waals surface area contributed by atoms with Gasteiger partial charge in [0.15, 0.2) is 0 Å². The monoisotopic (exact) mass is 178 g/mol. The van der Waals surface area contributed by atoms with Gasteiger partial charge in [-0.2, -0.15) is 0 Å². The molecule has 0 heteroatoms. The highest BCUT2D eigenvalue weighted by Gasteiger charge is 2.63. The Balaban J connectivity index is 1.77. The van der Waals surface area contributed by atoms with Gasteiger partial charge >= 0.3 is 0 Å². The molecule has 0 aromatic rings. The molecule has 0 heterocycles. The molecule has 0 nitrogen and oxygen atoms in total. The maximum absolute atomic E-state index is 2.50. The zero-order valence-corrected chi connectivity index (χ0v) is 9.22. The van der Waals surface area contributed by atoms with Crippen molar-refractivity contribution in [2.24, 2.45) is 35.0 Å². The standard InChI is InChI=1S/C13H22/c1-8(2)9(3)13-5-10-4-12(10)11(6-13)7-13/h8-12H,4-7H2,1-3H3. The van der Waals surface area contributed by atoms with Gasteiger partial charge < -0.3 is 0 Å². The van der Waals surface area contributed by atoms with Crippen molar-refractivity contribution in [2.45, 2.75) is 46.5 Å². The maximum atomic E-state index is 2.50. The van der Waals surface area contributed by atoms with Crippen molar-refractivity contribution in [3.63, 3.8) is 0 Å². The van der Waals surface area contributed by atoms with Crippen LogP contribution in [-0.2, 0) is 0 Å². The average molecular weight is 178 g/mol. The predicted molar refractivity (Wildman–Crippen MR) is 55.4 cm³/mol. The van der Waals surface area contributed by atoms with Crippen molar-refractivity contribution >= 4 is 0 Å². The molecule has 4 saturated carbocycles. The molecule has 0 aromatic carbocycles. The molecule has 74 valence electrons. The molecule has 4 rings (SSSR count). The quantitative estimate of drug-likeness (QED) is 0.604. The van der Waals surface area contributed by atoms with Gasteiger partial charge in [0.2, 0.25) is 0 Å². The van der Waals surface area contributed by atoms with Crippen molar-refractivity contribution < 1.29 is 0 Å². The van der Waals surface area contributed by atoms with Crippen LogP contribution in [0.5, 0.6) is 0 Å². The lowest BCUT2D eigenvalue weighted by molar-refractivity contribution is -0.0723. The van der Waals surface area contributed by atoms with Gasteiger partial charge in [-0.25, -0.2) is 0 Å². The Morgan fingerprint density at radius 2 is 1.62 bits per heavy atom.